The molecule has 0 aromatic carbocycles. The van der Waals surface area contributed by atoms with E-state index in [1.165, 1.54) is 12.8 Å². The maximum Gasteiger partial charge on any atom is 0.234 e. The summed E-state index contributed by atoms with van der Waals surface area (Å²) in [5.74, 6) is -0.306. The molecule has 1 atom stereocenters. The van der Waals surface area contributed by atoms with E-state index in [4.69, 9.17) is 11.0 Å². The molecule has 1 saturated carbocycles. The number of carbonyl (C=O) groups is 1. The van der Waals surface area contributed by atoms with E-state index in [1.54, 1.807) is 0 Å². The number of nitriles is 1. The van der Waals surface area contributed by atoms with E-state index in [2.05, 4.69) is 6.07 Å². The van der Waals surface area contributed by atoms with E-state index < -0.39 is 0 Å². The summed E-state index contributed by atoms with van der Waals surface area (Å²) >= 11 is 0. The van der Waals surface area contributed by atoms with Crippen LogP contribution in [0.3, 0.4) is 0 Å². The van der Waals surface area contributed by atoms with Gasteiger partial charge in [-0.15, -0.1) is 0 Å². The lowest BCUT2D eigenvalue weighted by Crippen LogP contribution is -2.48. The summed E-state index contributed by atoms with van der Waals surface area (Å²) in [7, 11) is 0. The van der Waals surface area contributed by atoms with Crippen molar-refractivity contribution in [3.8, 4) is 6.07 Å². The fraction of sp³-hybridized carbons (Fsp3) is 0.818. The van der Waals surface area contributed by atoms with E-state index in [0.29, 0.717) is 19.0 Å². The monoisotopic (exact) mass is 209 g/mol. The molecule has 4 nitrogen and oxygen atoms in total. The lowest BCUT2D eigenvalue weighted by Gasteiger charge is -2.31. The quantitative estimate of drug-likeness (QED) is 0.687. The summed E-state index contributed by atoms with van der Waals surface area (Å²) in [5.41, 5.74) is 5.36. The molecule has 1 fully saturated rings. The van der Waals surface area contributed by atoms with Gasteiger partial charge in [-0.2, -0.15) is 5.26 Å². The van der Waals surface area contributed by atoms with E-state index in [0.717, 1.165) is 12.8 Å². The smallest absolute Gasteiger partial charge is 0.234 e. The molecule has 0 bridgehead atoms. The molecule has 15 heavy (non-hydrogen) atoms. The first-order valence-corrected chi connectivity index (χ1v) is 5.62. The third kappa shape index (κ3) is 2.93. The van der Waals surface area contributed by atoms with Gasteiger partial charge in [-0.25, -0.2) is 0 Å². The van der Waals surface area contributed by atoms with Crippen molar-refractivity contribution >= 4 is 5.91 Å². The molecule has 0 heterocycles. The van der Waals surface area contributed by atoms with Crippen molar-refractivity contribution in [3.05, 3.63) is 0 Å². The third-order valence-corrected chi connectivity index (χ3v) is 3.16. The lowest BCUT2D eigenvalue weighted by atomic mass is 10.1. The number of carbonyl (C=O) groups excluding carboxylic acids is 1. The highest BCUT2D eigenvalue weighted by molar-refractivity contribution is 5.79. The summed E-state index contributed by atoms with van der Waals surface area (Å²) in [6.45, 7) is 2.25. The fourth-order valence-electron chi connectivity index (χ4n) is 2.41. The molecule has 0 aromatic heterocycles. The highest BCUT2D eigenvalue weighted by Crippen LogP contribution is 2.25. The van der Waals surface area contributed by atoms with E-state index in [1.807, 2.05) is 11.8 Å². The van der Waals surface area contributed by atoms with Crippen LogP contribution >= 0.6 is 0 Å². The van der Waals surface area contributed by atoms with Gasteiger partial charge >= 0.3 is 0 Å². The van der Waals surface area contributed by atoms with Crippen LogP contribution in [0.5, 0.6) is 0 Å². The van der Waals surface area contributed by atoms with Crippen LogP contribution in [0.15, 0.2) is 0 Å². The van der Waals surface area contributed by atoms with Crippen molar-refractivity contribution < 1.29 is 4.79 Å². The van der Waals surface area contributed by atoms with Crippen molar-refractivity contribution in [3.63, 3.8) is 0 Å². The van der Waals surface area contributed by atoms with Crippen LogP contribution in [0.2, 0.25) is 0 Å². The largest absolute Gasteiger partial charge is 0.368 e. The van der Waals surface area contributed by atoms with Crippen molar-refractivity contribution in [2.24, 2.45) is 5.73 Å². The van der Waals surface area contributed by atoms with Crippen molar-refractivity contribution in [2.75, 3.05) is 6.54 Å². The normalized spacial score (nSPS) is 19.0. The van der Waals surface area contributed by atoms with Crippen LogP contribution in [0.4, 0.5) is 0 Å². The van der Waals surface area contributed by atoms with Gasteiger partial charge in [-0.1, -0.05) is 19.8 Å². The SMILES string of the molecule is CCC(C(N)=O)N(CC#N)C1CCCC1. The first kappa shape index (κ1) is 12.0. The highest BCUT2D eigenvalue weighted by Gasteiger charge is 2.30. The summed E-state index contributed by atoms with van der Waals surface area (Å²) < 4.78 is 0. The van der Waals surface area contributed by atoms with E-state index in [-0.39, 0.29) is 11.9 Å². The number of nitrogens with two attached hydrogens (primary N) is 1. The van der Waals surface area contributed by atoms with Crippen LogP contribution in [-0.2, 0) is 4.79 Å². The zero-order chi connectivity index (χ0) is 11.3. The molecule has 0 aliphatic heterocycles. The van der Waals surface area contributed by atoms with Gasteiger partial charge in [0.1, 0.15) is 0 Å². The maximum absolute atomic E-state index is 11.3. The molecule has 1 amide bonds. The zero-order valence-corrected chi connectivity index (χ0v) is 9.28. The molecular weight excluding hydrogens is 190 g/mol. The number of hydrogen-bond donors (Lipinski definition) is 1. The molecule has 0 saturated heterocycles. The first-order chi connectivity index (χ1) is 7.20. The Morgan fingerprint density at radius 1 is 1.60 bits per heavy atom. The second-order valence-corrected chi connectivity index (χ2v) is 4.10. The summed E-state index contributed by atoms with van der Waals surface area (Å²) in [6.07, 6.45) is 5.26. The van der Waals surface area contributed by atoms with Crippen LogP contribution < -0.4 is 5.73 Å². The molecule has 4 heteroatoms. The Kier molecular flexibility index (Phi) is 4.57. The standard InChI is InChI=1S/C11H19N3O/c1-2-10(11(13)15)14(8-7-12)9-5-3-4-6-9/h9-10H,2-6,8H2,1H3,(H2,13,15). The minimum absolute atomic E-state index is 0.271. The summed E-state index contributed by atoms with van der Waals surface area (Å²) in [6, 6.07) is 2.24. The molecule has 1 unspecified atom stereocenters. The topological polar surface area (TPSA) is 70.1 Å². The molecule has 2 N–H and O–H groups in total. The van der Waals surface area contributed by atoms with Gasteiger partial charge in [0.2, 0.25) is 5.91 Å². The molecule has 84 valence electrons. The number of amides is 1. The summed E-state index contributed by atoms with van der Waals surface area (Å²) in [4.78, 5) is 13.3. The molecule has 1 aliphatic carbocycles. The molecule has 1 aliphatic rings. The van der Waals surface area contributed by atoms with Crippen LogP contribution in [0.1, 0.15) is 39.0 Å². The van der Waals surface area contributed by atoms with Gasteiger partial charge in [-0.3, -0.25) is 9.69 Å². The zero-order valence-electron chi connectivity index (χ0n) is 9.28. The highest BCUT2D eigenvalue weighted by atomic mass is 16.1. The molecule has 0 spiro atoms. The third-order valence-electron chi connectivity index (χ3n) is 3.16. The van der Waals surface area contributed by atoms with Crippen LogP contribution in [0, 0.1) is 11.3 Å². The predicted molar refractivity (Wildman–Crippen MR) is 57.8 cm³/mol. The number of primary amides is 1. The minimum atomic E-state index is -0.306. The van der Waals surface area contributed by atoms with Gasteiger partial charge in [-0.05, 0) is 19.3 Å². The molecule has 1 rings (SSSR count). The van der Waals surface area contributed by atoms with Crippen molar-refractivity contribution in [2.45, 2.75) is 51.1 Å². The fourth-order valence-corrected chi connectivity index (χ4v) is 2.41. The lowest BCUT2D eigenvalue weighted by molar-refractivity contribution is -0.124. The minimum Gasteiger partial charge on any atom is -0.368 e. The van der Waals surface area contributed by atoms with Gasteiger partial charge in [0.05, 0.1) is 18.7 Å². The molecule has 0 aromatic rings. The van der Waals surface area contributed by atoms with Gasteiger partial charge in [0, 0.05) is 6.04 Å². The average Bonchev–Trinajstić information content (AvgIpc) is 2.69. The summed E-state index contributed by atoms with van der Waals surface area (Å²) in [5, 5.41) is 8.78. The molecular formula is C11H19N3O. The average molecular weight is 209 g/mol. The second kappa shape index (κ2) is 5.72. The maximum atomic E-state index is 11.3. The number of nitrogens with zero attached hydrogens (tertiary/aromatic N) is 2. The van der Waals surface area contributed by atoms with Crippen molar-refractivity contribution in [1.29, 1.82) is 5.26 Å². The van der Waals surface area contributed by atoms with Gasteiger partial charge in [0.25, 0.3) is 0 Å². The second-order valence-electron chi connectivity index (χ2n) is 4.10. The Morgan fingerprint density at radius 2 is 2.20 bits per heavy atom. The van der Waals surface area contributed by atoms with Crippen molar-refractivity contribution in [1.82, 2.24) is 4.90 Å². The number of rotatable bonds is 5. The van der Waals surface area contributed by atoms with E-state index >= 15 is 0 Å². The van der Waals surface area contributed by atoms with E-state index in [9.17, 15) is 4.79 Å². The Morgan fingerprint density at radius 3 is 2.60 bits per heavy atom. The Labute approximate surface area is 91.0 Å². The van der Waals surface area contributed by atoms with Gasteiger partial charge < -0.3 is 5.73 Å². The Balaban J connectivity index is 2.70. The predicted octanol–water partition coefficient (Wildman–Crippen LogP) is 1.02. The Hall–Kier alpha value is -1.08. The van der Waals surface area contributed by atoms with Crippen LogP contribution in [0.25, 0.3) is 0 Å². The molecule has 0 radical (unpaired) electrons. The first-order valence-electron chi connectivity index (χ1n) is 5.62. The van der Waals surface area contributed by atoms with Gasteiger partial charge in [0.15, 0.2) is 0 Å². The van der Waals surface area contributed by atoms with Crippen LogP contribution in [-0.4, -0.2) is 29.4 Å². The number of hydrogen-bond acceptors (Lipinski definition) is 3. The Bertz CT molecular complexity index is 253.